The van der Waals surface area contributed by atoms with Crippen LogP contribution in [0.4, 0.5) is 4.79 Å². The molecule has 0 spiro atoms. The lowest BCUT2D eigenvalue weighted by molar-refractivity contribution is 0.173. The molecule has 0 fully saturated rings. The first kappa shape index (κ1) is 16.5. The summed E-state index contributed by atoms with van der Waals surface area (Å²) in [5.41, 5.74) is 0.387. The van der Waals surface area contributed by atoms with E-state index in [1.807, 2.05) is 0 Å². The van der Waals surface area contributed by atoms with E-state index in [0.717, 1.165) is 0 Å². The molecule has 2 amide bonds. The lowest BCUT2D eigenvalue weighted by atomic mass is 10.1. The van der Waals surface area contributed by atoms with Gasteiger partial charge in [-0.05, 0) is 12.1 Å². The van der Waals surface area contributed by atoms with Crippen molar-refractivity contribution >= 4 is 29.2 Å². The molecule has 0 saturated heterocycles. The predicted octanol–water partition coefficient (Wildman–Crippen LogP) is 1.65. The number of urea groups is 1. The Labute approximate surface area is 137 Å². The van der Waals surface area contributed by atoms with E-state index in [1.165, 1.54) is 11.0 Å². The van der Waals surface area contributed by atoms with Crippen molar-refractivity contribution in [1.82, 2.24) is 25.4 Å². The van der Waals surface area contributed by atoms with Crippen LogP contribution in [0.25, 0.3) is 0 Å². The van der Waals surface area contributed by atoms with Gasteiger partial charge < -0.3 is 15.7 Å². The minimum atomic E-state index is -1.00. The van der Waals surface area contributed by atoms with Crippen molar-refractivity contribution in [2.45, 2.75) is 12.6 Å². The zero-order valence-electron chi connectivity index (χ0n) is 11.8. The number of nitrogens with one attached hydrogen (secondary N) is 2. The zero-order chi connectivity index (χ0) is 16.1. The lowest BCUT2D eigenvalue weighted by Gasteiger charge is -2.15. The van der Waals surface area contributed by atoms with Gasteiger partial charge in [0.15, 0.2) is 5.82 Å². The minimum Gasteiger partial charge on any atom is -0.386 e. The highest BCUT2D eigenvalue weighted by atomic mass is 35.5. The molecule has 2 rings (SSSR count). The average Bonchev–Trinajstić information content (AvgIpc) is 2.88. The van der Waals surface area contributed by atoms with Gasteiger partial charge in [0.25, 0.3) is 0 Å². The standard InChI is InChI=1S/C13H15Cl2N5O2/c1-20-7-18-11(19-20)6-17-13(22)16-5-10(21)12-8(14)3-2-4-9(12)15/h2-4,7,10,21H,5-6H2,1H3,(H2,16,17,22). The molecule has 0 aliphatic rings. The number of aliphatic hydroxyl groups is 1. The fourth-order valence-corrected chi connectivity index (χ4v) is 2.46. The molecule has 0 saturated carbocycles. The van der Waals surface area contributed by atoms with Gasteiger partial charge in [-0.1, -0.05) is 29.3 Å². The predicted molar refractivity (Wildman–Crippen MR) is 82.7 cm³/mol. The molecule has 7 nitrogen and oxygen atoms in total. The third kappa shape index (κ3) is 4.33. The first-order valence-electron chi connectivity index (χ1n) is 6.45. The highest BCUT2D eigenvalue weighted by Gasteiger charge is 2.16. The summed E-state index contributed by atoms with van der Waals surface area (Å²) >= 11 is 12.0. The number of rotatable bonds is 5. The van der Waals surface area contributed by atoms with Crippen molar-refractivity contribution < 1.29 is 9.90 Å². The Morgan fingerprint density at radius 3 is 2.64 bits per heavy atom. The molecule has 1 aromatic carbocycles. The van der Waals surface area contributed by atoms with E-state index in [-0.39, 0.29) is 13.1 Å². The number of benzene rings is 1. The summed E-state index contributed by atoms with van der Waals surface area (Å²) in [7, 11) is 1.74. The highest BCUT2D eigenvalue weighted by molar-refractivity contribution is 6.36. The molecule has 1 aromatic heterocycles. The van der Waals surface area contributed by atoms with Crippen molar-refractivity contribution in [1.29, 1.82) is 0 Å². The van der Waals surface area contributed by atoms with Gasteiger partial charge in [0.1, 0.15) is 6.33 Å². The molecule has 1 heterocycles. The summed E-state index contributed by atoms with van der Waals surface area (Å²) in [6.07, 6.45) is 0.540. The van der Waals surface area contributed by atoms with E-state index in [4.69, 9.17) is 23.2 Å². The second-order valence-electron chi connectivity index (χ2n) is 4.55. The molecule has 0 aliphatic carbocycles. The van der Waals surface area contributed by atoms with Crippen LogP contribution < -0.4 is 10.6 Å². The number of hydrogen-bond acceptors (Lipinski definition) is 4. The summed E-state index contributed by atoms with van der Waals surface area (Å²) in [6, 6.07) is 4.48. The third-order valence-corrected chi connectivity index (χ3v) is 3.50. The number of carbonyl (C=O) groups excluding carboxylic acids is 1. The van der Waals surface area contributed by atoms with E-state index >= 15 is 0 Å². The van der Waals surface area contributed by atoms with E-state index in [2.05, 4.69) is 20.7 Å². The largest absolute Gasteiger partial charge is 0.386 e. The quantitative estimate of drug-likeness (QED) is 0.769. The van der Waals surface area contributed by atoms with Gasteiger partial charge in [0, 0.05) is 29.2 Å². The minimum absolute atomic E-state index is 0.0229. The fraction of sp³-hybridized carbons (Fsp3) is 0.308. The monoisotopic (exact) mass is 343 g/mol. The maximum Gasteiger partial charge on any atom is 0.315 e. The van der Waals surface area contributed by atoms with Crippen molar-refractivity contribution in [3.05, 3.63) is 46.0 Å². The normalized spacial score (nSPS) is 12.0. The molecule has 1 unspecified atom stereocenters. The van der Waals surface area contributed by atoms with Gasteiger partial charge in [0.05, 0.1) is 12.6 Å². The van der Waals surface area contributed by atoms with Crippen molar-refractivity contribution in [3.63, 3.8) is 0 Å². The van der Waals surface area contributed by atoms with Crippen LogP contribution in [-0.4, -0.2) is 32.4 Å². The molecular weight excluding hydrogens is 329 g/mol. The van der Waals surface area contributed by atoms with Crippen LogP contribution in [0.15, 0.2) is 24.5 Å². The molecule has 2 aromatic rings. The lowest BCUT2D eigenvalue weighted by Crippen LogP contribution is -2.37. The van der Waals surface area contributed by atoms with Crippen LogP contribution in [0.1, 0.15) is 17.5 Å². The van der Waals surface area contributed by atoms with Crippen LogP contribution >= 0.6 is 23.2 Å². The Hall–Kier alpha value is -1.83. The Kier molecular flexibility index (Phi) is 5.59. The molecule has 0 aliphatic heterocycles. The van der Waals surface area contributed by atoms with Crippen molar-refractivity contribution in [2.24, 2.45) is 7.05 Å². The summed E-state index contributed by atoms with van der Waals surface area (Å²) < 4.78 is 1.54. The van der Waals surface area contributed by atoms with Crippen LogP contribution in [0.3, 0.4) is 0 Å². The fourth-order valence-electron chi connectivity index (χ4n) is 1.81. The van der Waals surface area contributed by atoms with E-state index in [0.29, 0.717) is 21.4 Å². The number of nitrogens with zero attached hydrogens (tertiary/aromatic N) is 3. The molecule has 3 N–H and O–H groups in total. The van der Waals surface area contributed by atoms with Gasteiger partial charge in [-0.2, -0.15) is 5.10 Å². The molecule has 118 valence electrons. The van der Waals surface area contributed by atoms with E-state index < -0.39 is 12.1 Å². The number of carbonyl (C=O) groups is 1. The Balaban J connectivity index is 1.83. The summed E-state index contributed by atoms with van der Waals surface area (Å²) in [4.78, 5) is 15.6. The first-order chi connectivity index (χ1) is 10.5. The second-order valence-corrected chi connectivity index (χ2v) is 5.36. The Bertz CT molecular complexity index is 641. The van der Waals surface area contributed by atoms with Gasteiger partial charge in [0.2, 0.25) is 0 Å². The number of aromatic nitrogens is 3. The number of amides is 2. The molecular formula is C13H15Cl2N5O2. The summed E-state index contributed by atoms with van der Waals surface area (Å²) in [5.74, 6) is 0.493. The zero-order valence-corrected chi connectivity index (χ0v) is 13.3. The first-order valence-corrected chi connectivity index (χ1v) is 7.21. The maximum atomic E-state index is 11.7. The number of aryl methyl sites for hydroxylation is 1. The third-order valence-electron chi connectivity index (χ3n) is 2.84. The van der Waals surface area contributed by atoms with Crippen molar-refractivity contribution in [3.8, 4) is 0 Å². The summed E-state index contributed by atoms with van der Waals surface area (Å²) in [6.45, 7) is 0.167. The smallest absolute Gasteiger partial charge is 0.315 e. The maximum absolute atomic E-state index is 11.7. The molecule has 22 heavy (non-hydrogen) atoms. The number of aliphatic hydroxyl groups excluding tert-OH is 1. The van der Waals surface area contributed by atoms with Gasteiger partial charge in [-0.25, -0.2) is 9.78 Å². The van der Waals surface area contributed by atoms with Gasteiger partial charge in [-0.3, -0.25) is 4.68 Å². The Morgan fingerprint density at radius 2 is 2.05 bits per heavy atom. The SMILES string of the molecule is Cn1cnc(CNC(=O)NCC(O)c2c(Cl)cccc2Cl)n1. The Morgan fingerprint density at radius 1 is 1.36 bits per heavy atom. The van der Waals surface area contributed by atoms with Crippen molar-refractivity contribution in [2.75, 3.05) is 6.54 Å². The van der Waals surface area contributed by atoms with Crippen LogP contribution in [0.2, 0.25) is 10.0 Å². The molecule has 0 bridgehead atoms. The molecule has 1 atom stereocenters. The van der Waals surface area contributed by atoms with Gasteiger partial charge >= 0.3 is 6.03 Å². The van der Waals surface area contributed by atoms with E-state index in [1.54, 1.807) is 25.2 Å². The number of halogens is 2. The van der Waals surface area contributed by atoms with Gasteiger partial charge in [-0.15, -0.1) is 0 Å². The highest BCUT2D eigenvalue weighted by Crippen LogP contribution is 2.29. The number of hydrogen-bond donors (Lipinski definition) is 3. The van der Waals surface area contributed by atoms with E-state index in [9.17, 15) is 9.90 Å². The van der Waals surface area contributed by atoms with Crippen LogP contribution in [-0.2, 0) is 13.6 Å². The summed E-state index contributed by atoms with van der Waals surface area (Å²) in [5, 5.41) is 19.9. The average molecular weight is 344 g/mol. The van der Waals surface area contributed by atoms with Crippen LogP contribution in [0.5, 0.6) is 0 Å². The topological polar surface area (TPSA) is 92.1 Å². The van der Waals surface area contributed by atoms with Crippen LogP contribution in [0, 0.1) is 0 Å². The second kappa shape index (κ2) is 7.44. The molecule has 0 radical (unpaired) electrons. The molecule has 9 heteroatoms.